The first-order valence-electron chi connectivity index (χ1n) is 6.03. The summed E-state index contributed by atoms with van der Waals surface area (Å²) in [5.74, 6) is 0.910. The lowest BCUT2D eigenvalue weighted by atomic mass is 10.2. The molecule has 96 valence electrons. The van der Waals surface area contributed by atoms with Gasteiger partial charge in [0.05, 0.1) is 22.4 Å². The highest BCUT2D eigenvalue weighted by Gasteiger charge is 2.08. The van der Waals surface area contributed by atoms with Gasteiger partial charge >= 0.3 is 0 Å². The van der Waals surface area contributed by atoms with E-state index in [0.717, 1.165) is 26.6 Å². The Balaban J connectivity index is 2.09. The zero-order valence-electron chi connectivity index (χ0n) is 10.6. The van der Waals surface area contributed by atoms with Crippen molar-refractivity contribution >= 4 is 21.4 Å². The molecule has 0 atom stereocenters. The second-order valence-electron chi connectivity index (χ2n) is 4.25. The van der Waals surface area contributed by atoms with Gasteiger partial charge in [0.2, 0.25) is 0 Å². The zero-order valence-corrected chi connectivity index (χ0v) is 11.4. The number of thiophene rings is 1. The molecule has 0 saturated heterocycles. The molecular formula is C15H14N2OS. The van der Waals surface area contributed by atoms with Crippen LogP contribution in [-0.2, 0) is 6.54 Å². The number of nitrogens with zero attached hydrogens (tertiary/aromatic N) is 1. The third-order valence-corrected chi connectivity index (χ3v) is 4.23. The van der Waals surface area contributed by atoms with Crippen LogP contribution in [0, 0.1) is 0 Å². The Morgan fingerprint density at radius 2 is 2.16 bits per heavy atom. The lowest BCUT2D eigenvalue weighted by Gasteiger charge is -1.99. The summed E-state index contributed by atoms with van der Waals surface area (Å²) in [6.45, 7) is 0.521. The van der Waals surface area contributed by atoms with Crippen LogP contribution < -0.4 is 10.5 Å². The Bertz CT molecular complexity index is 704. The van der Waals surface area contributed by atoms with Gasteiger partial charge in [-0.15, -0.1) is 11.3 Å². The summed E-state index contributed by atoms with van der Waals surface area (Å²) in [7, 11) is 1.70. The lowest BCUT2D eigenvalue weighted by Crippen LogP contribution is -1.96. The molecule has 1 aromatic carbocycles. The molecule has 2 N–H and O–H groups in total. The second kappa shape index (κ2) is 4.99. The van der Waals surface area contributed by atoms with Gasteiger partial charge in [0, 0.05) is 12.7 Å². The maximum Gasteiger partial charge on any atom is 0.136 e. The first kappa shape index (κ1) is 12.1. The van der Waals surface area contributed by atoms with Crippen LogP contribution in [-0.4, -0.2) is 12.1 Å². The van der Waals surface area contributed by atoms with Crippen LogP contribution in [0.2, 0.25) is 0 Å². The van der Waals surface area contributed by atoms with E-state index in [9.17, 15) is 0 Å². The predicted molar refractivity (Wildman–Crippen MR) is 79.5 cm³/mol. The lowest BCUT2D eigenvalue weighted by molar-refractivity contribution is 0.420. The molecule has 2 aromatic heterocycles. The fourth-order valence-electron chi connectivity index (χ4n) is 2.01. The third kappa shape index (κ3) is 2.20. The molecule has 0 radical (unpaired) electrons. The quantitative estimate of drug-likeness (QED) is 0.793. The molecule has 3 nitrogen and oxygen atoms in total. The Labute approximate surface area is 115 Å². The number of rotatable bonds is 3. The van der Waals surface area contributed by atoms with Gasteiger partial charge in [-0.1, -0.05) is 18.2 Å². The van der Waals surface area contributed by atoms with Gasteiger partial charge in [-0.3, -0.25) is 4.98 Å². The minimum Gasteiger partial charge on any atom is -0.495 e. The van der Waals surface area contributed by atoms with Gasteiger partial charge in [-0.05, 0) is 29.1 Å². The number of hydrogen-bond acceptors (Lipinski definition) is 4. The normalized spacial score (nSPS) is 10.8. The fourth-order valence-corrected chi connectivity index (χ4v) is 3.14. The highest BCUT2D eigenvalue weighted by molar-refractivity contribution is 7.22. The number of methoxy groups -OCH3 is 1. The van der Waals surface area contributed by atoms with Gasteiger partial charge in [0.25, 0.3) is 0 Å². The van der Waals surface area contributed by atoms with E-state index in [1.807, 2.05) is 30.5 Å². The highest BCUT2D eigenvalue weighted by atomic mass is 32.1. The van der Waals surface area contributed by atoms with E-state index in [0.29, 0.717) is 6.54 Å². The van der Waals surface area contributed by atoms with Crippen molar-refractivity contribution in [1.82, 2.24) is 4.98 Å². The molecule has 0 amide bonds. The van der Waals surface area contributed by atoms with Crippen molar-refractivity contribution in [2.75, 3.05) is 7.11 Å². The molecule has 0 spiro atoms. The van der Waals surface area contributed by atoms with E-state index < -0.39 is 0 Å². The Kier molecular flexibility index (Phi) is 3.19. The molecule has 4 heteroatoms. The molecule has 3 aromatic rings. The molecule has 0 bridgehead atoms. The number of nitrogens with two attached hydrogens (primary N) is 1. The minimum absolute atomic E-state index is 0.521. The van der Waals surface area contributed by atoms with Crippen LogP contribution in [0.15, 0.2) is 42.6 Å². The molecule has 3 rings (SSSR count). The van der Waals surface area contributed by atoms with Gasteiger partial charge in [0.1, 0.15) is 5.75 Å². The molecule has 0 aliphatic rings. The summed E-state index contributed by atoms with van der Waals surface area (Å²) in [4.78, 5) is 5.60. The molecule has 0 aliphatic heterocycles. The maximum atomic E-state index is 5.58. The van der Waals surface area contributed by atoms with Crippen LogP contribution in [0.5, 0.6) is 5.75 Å². The molecule has 0 unspecified atom stereocenters. The SMILES string of the molecule is COc1cccc2cc(-c3ccc(CN)cn3)sc12. The fraction of sp³-hybridized carbons (Fsp3) is 0.133. The Hall–Kier alpha value is -1.91. The van der Waals surface area contributed by atoms with E-state index in [2.05, 4.69) is 17.1 Å². The maximum absolute atomic E-state index is 5.58. The van der Waals surface area contributed by atoms with Crippen molar-refractivity contribution in [3.8, 4) is 16.3 Å². The van der Waals surface area contributed by atoms with Crippen LogP contribution in [0.25, 0.3) is 20.7 Å². The molecule has 0 saturated carbocycles. The first-order chi connectivity index (χ1) is 9.31. The van der Waals surface area contributed by atoms with Gasteiger partial charge in [-0.2, -0.15) is 0 Å². The Morgan fingerprint density at radius 3 is 2.84 bits per heavy atom. The van der Waals surface area contributed by atoms with E-state index >= 15 is 0 Å². The average Bonchev–Trinajstić information content (AvgIpc) is 2.91. The second-order valence-corrected chi connectivity index (χ2v) is 5.30. The number of hydrogen-bond donors (Lipinski definition) is 1. The van der Waals surface area contributed by atoms with Crippen LogP contribution in [0.4, 0.5) is 0 Å². The van der Waals surface area contributed by atoms with E-state index in [1.165, 1.54) is 5.39 Å². The highest BCUT2D eigenvalue weighted by Crippen LogP contribution is 2.37. The van der Waals surface area contributed by atoms with Gasteiger partial charge in [0.15, 0.2) is 0 Å². The van der Waals surface area contributed by atoms with Crippen LogP contribution in [0.1, 0.15) is 5.56 Å². The van der Waals surface area contributed by atoms with Crippen molar-refractivity contribution in [2.24, 2.45) is 5.73 Å². The Morgan fingerprint density at radius 1 is 1.26 bits per heavy atom. The summed E-state index contributed by atoms with van der Waals surface area (Å²) in [5, 5.41) is 1.18. The van der Waals surface area contributed by atoms with Crippen LogP contribution >= 0.6 is 11.3 Å². The van der Waals surface area contributed by atoms with E-state index in [1.54, 1.807) is 18.4 Å². The summed E-state index contributed by atoms with van der Waals surface area (Å²) >= 11 is 1.70. The number of pyridine rings is 1. The molecule has 0 aliphatic carbocycles. The van der Waals surface area contributed by atoms with Crippen molar-refractivity contribution in [2.45, 2.75) is 6.54 Å². The monoisotopic (exact) mass is 270 g/mol. The summed E-state index contributed by atoms with van der Waals surface area (Å²) in [6, 6.07) is 12.2. The van der Waals surface area contributed by atoms with E-state index in [-0.39, 0.29) is 0 Å². The number of fused-ring (bicyclic) bond motifs is 1. The minimum atomic E-state index is 0.521. The summed E-state index contributed by atoms with van der Waals surface area (Å²) < 4.78 is 6.54. The van der Waals surface area contributed by atoms with Crippen LogP contribution in [0.3, 0.4) is 0 Å². The topological polar surface area (TPSA) is 48.1 Å². The molecule has 2 heterocycles. The molecule has 0 fully saturated rings. The average molecular weight is 270 g/mol. The first-order valence-corrected chi connectivity index (χ1v) is 6.85. The zero-order chi connectivity index (χ0) is 13.2. The van der Waals surface area contributed by atoms with Crippen molar-refractivity contribution in [3.05, 3.63) is 48.2 Å². The van der Waals surface area contributed by atoms with Crippen molar-refractivity contribution in [3.63, 3.8) is 0 Å². The van der Waals surface area contributed by atoms with Gasteiger partial charge in [-0.25, -0.2) is 0 Å². The number of benzene rings is 1. The smallest absolute Gasteiger partial charge is 0.136 e. The standard InChI is InChI=1S/C15H14N2OS/c1-18-13-4-2-3-11-7-14(19-15(11)13)12-6-5-10(8-16)9-17-12/h2-7,9H,8,16H2,1H3. The van der Waals surface area contributed by atoms with Crippen molar-refractivity contribution < 1.29 is 4.74 Å². The molecular weight excluding hydrogens is 256 g/mol. The summed E-state index contributed by atoms with van der Waals surface area (Å²) in [6.07, 6.45) is 1.83. The third-order valence-electron chi connectivity index (χ3n) is 3.04. The summed E-state index contributed by atoms with van der Waals surface area (Å²) in [5.41, 5.74) is 7.60. The van der Waals surface area contributed by atoms with Gasteiger partial charge < -0.3 is 10.5 Å². The van der Waals surface area contributed by atoms with E-state index in [4.69, 9.17) is 10.5 Å². The number of aromatic nitrogens is 1. The number of ether oxygens (including phenoxy) is 1. The largest absolute Gasteiger partial charge is 0.495 e. The van der Waals surface area contributed by atoms with Crippen molar-refractivity contribution in [1.29, 1.82) is 0 Å². The molecule has 19 heavy (non-hydrogen) atoms. The predicted octanol–water partition coefficient (Wildman–Crippen LogP) is 3.43.